The Morgan fingerprint density at radius 2 is 2.04 bits per heavy atom. The fourth-order valence-corrected chi connectivity index (χ4v) is 3.30. The maximum Gasteiger partial charge on any atom is 0.237 e. The molecule has 0 unspecified atom stereocenters. The summed E-state index contributed by atoms with van der Waals surface area (Å²) in [5.74, 6) is 2.12. The van der Waals surface area contributed by atoms with Crippen LogP contribution in [0.2, 0.25) is 0 Å². The molecule has 0 atom stereocenters. The predicted octanol–water partition coefficient (Wildman–Crippen LogP) is 3.32. The summed E-state index contributed by atoms with van der Waals surface area (Å²) in [5.41, 5.74) is 2.82. The molecule has 0 aliphatic heterocycles. The molecule has 2 aromatic heterocycles. The van der Waals surface area contributed by atoms with E-state index in [0.29, 0.717) is 28.4 Å². The van der Waals surface area contributed by atoms with Crippen molar-refractivity contribution in [1.29, 1.82) is 0 Å². The Morgan fingerprint density at radius 3 is 2.89 bits per heavy atom. The molecular formula is C18H16N6O2S. The van der Waals surface area contributed by atoms with Crippen LogP contribution in [-0.4, -0.2) is 37.5 Å². The fourth-order valence-electron chi connectivity index (χ4n) is 2.57. The van der Waals surface area contributed by atoms with Crippen molar-refractivity contribution in [2.75, 3.05) is 7.11 Å². The lowest BCUT2D eigenvalue weighted by atomic mass is 10.2. The first-order valence-corrected chi connectivity index (χ1v) is 9.17. The number of thioether (sulfide) groups is 1. The molecule has 4 rings (SSSR count). The standard InChI is InChI=1S/C18H16N6O2S/c1-12-6-5-7-13(10-12)24-18(20-22-23-24)27-11-16-19-17(21-26-16)14-8-3-4-9-15(14)25-2/h3-10H,11H2,1-2H3. The first kappa shape index (κ1) is 17.2. The van der Waals surface area contributed by atoms with Crippen LogP contribution in [-0.2, 0) is 5.75 Å². The maximum atomic E-state index is 5.37. The van der Waals surface area contributed by atoms with Gasteiger partial charge in [0.1, 0.15) is 5.75 Å². The maximum absolute atomic E-state index is 5.37. The minimum absolute atomic E-state index is 0.453. The largest absolute Gasteiger partial charge is 0.496 e. The van der Waals surface area contributed by atoms with Crippen LogP contribution in [0, 0.1) is 6.92 Å². The summed E-state index contributed by atoms with van der Waals surface area (Å²) < 4.78 is 12.4. The zero-order chi connectivity index (χ0) is 18.6. The molecular weight excluding hydrogens is 364 g/mol. The molecule has 0 saturated heterocycles. The normalized spacial score (nSPS) is 10.9. The number of ether oxygens (including phenoxy) is 1. The summed E-state index contributed by atoms with van der Waals surface area (Å²) in [4.78, 5) is 4.45. The van der Waals surface area contributed by atoms with Crippen molar-refractivity contribution >= 4 is 11.8 Å². The van der Waals surface area contributed by atoms with Crippen LogP contribution in [0.25, 0.3) is 17.1 Å². The van der Waals surface area contributed by atoms with Gasteiger partial charge in [0.15, 0.2) is 0 Å². The molecule has 0 saturated carbocycles. The molecule has 0 N–H and O–H groups in total. The second-order valence-electron chi connectivity index (χ2n) is 5.71. The second-order valence-corrected chi connectivity index (χ2v) is 6.66. The highest BCUT2D eigenvalue weighted by atomic mass is 32.2. The number of benzene rings is 2. The van der Waals surface area contributed by atoms with Crippen molar-refractivity contribution in [1.82, 2.24) is 30.3 Å². The Hall–Kier alpha value is -3.20. The van der Waals surface area contributed by atoms with E-state index in [9.17, 15) is 0 Å². The Bertz CT molecular complexity index is 1060. The van der Waals surface area contributed by atoms with E-state index in [1.807, 2.05) is 55.5 Å². The van der Waals surface area contributed by atoms with Crippen molar-refractivity contribution in [3.63, 3.8) is 0 Å². The van der Waals surface area contributed by atoms with Gasteiger partial charge in [-0.15, -0.1) is 5.10 Å². The summed E-state index contributed by atoms with van der Waals surface area (Å²) >= 11 is 1.43. The van der Waals surface area contributed by atoms with Gasteiger partial charge >= 0.3 is 0 Å². The van der Waals surface area contributed by atoms with Crippen molar-refractivity contribution in [2.24, 2.45) is 0 Å². The van der Waals surface area contributed by atoms with Crippen molar-refractivity contribution < 1.29 is 9.26 Å². The number of aromatic nitrogens is 6. The predicted molar refractivity (Wildman–Crippen MR) is 99.7 cm³/mol. The van der Waals surface area contributed by atoms with Gasteiger partial charge in [0.2, 0.25) is 16.9 Å². The zero-order valence-electron chi connectivity index (χ0n) is 14.7. The summed E-state index contributed by atoms with van der Waals surface area (Å²) in [7, 11) is 1.61. The van der Waals surface area contributed by atoms with E-state index in [0.717, 1.165) is 16.8 Å². The summed E-state index contributed by atoms with van der Waals surface area (Å²) in [5, 5.41) is 16.6. The third-order valence-corrected chi connectivity index (χ3v) is 4.73. The van der Waals surface area contributed by atoms with E-state index in [-0.39, 0.29) is 0 Å². The SMILES string of the molecule is COc1ccccc1-c1noc(CSc2nnnn2-c2cccc(C)c2)n1. The number of para-hydroxylation sites is 1. The monoisotopic (exact) mass is 380 g/mol. The minimum Gasteiger partial charge on any atom is -0.496 e. The van der Waals surface area contributed by atoms with Gasteiger partial charge < -0.3 is 9.26 Å². The lowest BCUT2D eigenvalue weighted by Crippen LogP contribution is -1.99. The molecule has 0 bridgehead atoms. The van der Waals surface area contributed by atoms with Crippen LogP contribution in [0.5, 0.6) is 5.75 Å². The van der Waals surface area contributed by atoms with Crippen LogP contribution in [0.3, 0.4) is 0 Å². The van der Waals surface area contributed by atoms with Crippen molar-refractivity contribution in [2.45, 2.75) is 17.8 Å². The average molecular weight is 380 g/mol. The van der Waals surface area contributed by atoms with Gasteiger partial charge in [0.05, 0.1) is 24.1 Å². The highest BCUT2D eigenvalue weighted by molar-refractivity contribution is 7.98. The first-order chi connectivity index (χ1) is 13.2. The van der Waals surface area contributed by atoms with Crippen molar-refractivity contribution in [3.8, 4) is 22.8 Å². The van der Waals surface area contributed by atoms with Gasteiger partial charge in [-0.1, -0.05) is 41.2 Å². The average Bonchev–Trinajstić information content (AvgIpc) is 3.35. The molecule has 0 radical (unpaired) electrons. The number of hydrogen-bond donors (Lipinski definition) is 0. The van der Waals surface area contributed by atoms with Gasteiger partial charge in [-0.3, -0.25) is 0 Å². The van der Waals surface area contributed by atoms with E-state index in [1.165, 1.54) is 11.8 Å². The smallest absolute Gasteiger partial charge is 0.237 e. The lowest BCUT2D eigenvalue weighted by Gasteiger charge is -2.04. The van der Waals surface area contributed by atoms with E-state index in [1.54, 1.807) is 11.8 Å². The topological polar surface area (TPSA) is 91.8 Å². The summed E-state index contributed by atoms with van der Waals surface area (Å²) in [6, 6.07) is 15.5. The van der Waals surface area contributed by atoms with Gasteiger partial charge in [0, 0.05) is 0 Å². The molecule has 9 heteroatoms. The number of methoxy groups -OCH3 is 1. The number of rotatable bonds is 6. The molecule has 4 aromatic rings. The zero-order valence-corrected chi connectivity index (χ0v) is 15.6. The van der Waals surface area contributed by atoms with E-state index < -0.39 is 0 Å². The number of aryl methyl sites for hydroxylation is 1. The molecule has 27 heavy (non-hydrogen) atoms. The Morgan fingerprint density at radius 1 is 1.15 bits per heavy atom. The molecule has 2 heterocycles. The highest BCUT2D eigenvalue weighted by Gasteiger charge is 2.15. The third kappa shape index (κ3) is 3.68. The highest BCUT2D eigenvalue weighted by Crippen LogP contribution is 2.28. The quantitative estimate of drug-likeness (QED) is 0.470. The molecule has 2 aromatic carbocycles. The van der Waals surface area contributed by atoms with Crippen LogP contribution in [0.4, 0.5) is 0 Å². The molecule has 0 amide bonds. The van der Waals surface area contributed by atoms with Crippen LogP contribution in [0.15, 0.2) is 58.2 Å². The van der Waals surface area contributed by atoms with Gasteiger partial charge in [-0.2, -0.15) is 9.67 Å². The molecule has 0 aliphatic carbocycles. The lowest BCUT2D eigenvalue weighted by molar-refractivity contribution is 0.390. The van der Waals surface area contributed by atoms with E-state index in [4.69, 9.17) is 9.26 Å². The molecule has 0 spiro atoms. The van der Waals surface area contributed by atoms with E-state index in [2.05, 4.69) is 25.7 Å². The molecule has 0 aliphatic rings. The summed E-state index contributed by atoms with van der Waals surface area (Å²) in [6.45, 7) is 2.03. The summed E-state index contributed by atoms with van der Waals surface area (Å²) in [6.07, 6.45) is 0. The third-order valence-electron chi connectivity index (χ3n) is 3.83. The van der Waals surface area contributed by atoms with Crippen LogP contribution >= 0.6 is 11.8 Å². The number of tetrazole rings is 1. The fraction of sp³-hybridized carbons (Fsp3) is 0.167. The van der Waals surface area contributed by atoms with Gasteiger partial charge in [0.25, 0.3) is 0 Å². The minimum atomic E-state index is 0.453. The second kappa shape index (κ2) is 7.58. The first-order valence-electron chi connectivity index (χ1n) is 8.19. The van der Waals surface area contributed by atoms with Crippen molar-refractivity contribution in [3.05, 3.63) is 60.0 Å². The van der Waals surface area contributed by atoms with E-state index >= 15 is 0 Å². The van der Waals surface area contributed by atoms with Gasteiger partial charge in [-0.25, -0.2) is 0 Å². The van der Waals surface area contributed by atoms with Gasteiger partial charge in [-0.05, 0) is 47.2 Å². The Labute approximate surface area is 159 Å². The van der Waals surface area contributed by atoms with Crippen LogP contribution in [0.1, 0.15) is 11.5 Å². The number of nitrogens with zero attached hydrogens (tertiary/aromatic N) is 6. The Balaban J connectivity index is 1.51. The van der Waals surface area contributed by atoms with Crippen LogP contribution < -0.4 is 4.74 Å². The number of hydrogen-bond acceptors (Lipinski definition) is 8. The molecule has 0 fully saturated rings. The molecule has 8 nitrogen and oxygen atoms in total. The Kier molecular flexibility index (Phi) is 4.84. The molecule has 136 valence electrons.